The standard InChI is InChI=1S/C5H4F6O3/c1-2(12)13-14-4(8,3(6)7)5(9,10)11/h3H,1H3. The maximum Gasteiger partial charge on any atom is 0.458 e. The van der Waals surface area contributed by atoms with E-state index < -0.39 is 24.4 Å². The number of hydrogen-bond acceptors (Lipinski definition) is 3. The summed E-state index contributed by atoms with van der Waals surface area (Å²) < 4.78 is 70.5. The summed E-state index contributed by atoms with van der Waals surface area (Å²) in [7, 11) is 0. The molecule has 0 aromatic heterocycles. The molecular weight excluding hydrogens is 222 g/mol. The van der Waals surface area contributed by atoms with E-state index in [1.54, 1.807) is 0 Å². The van der Waals surface area contributed by atoms with Gasteiger partial charge in [0.1, 0.15) is 0 Å². The van der Waals surface area contributed by atoms with Crippen LogP contribution in [0, 0.1) is 0 Å². The third kappa shape index (κ3) is 2.76. The Labute approximate surface area is 73.5 Å². The Kier molecular flexibility index (Phi) is 3.74. The van der Waals surface area contributed by atoms with Gasteiger partial charge in [0.2, 0.25) is 0 Å². The highest BCUT2D eigenvalue weighted by atomic mass is 19.4. The monoisotopic (exact) mass is 226 g/mol. The van der Waals surface area contributed by atoms with Gasteiger partial charge in [0.25, 0.3) is 0 Å². The summed E-state index contributed by atoms with van der Waals surface area (Å²) in [5.74, 6) is -6.80. The molecule has 0 aromatic rings. The van der Waals surface area contributed by atoms with E-state index in [0.717, 1.165) is 0 Å². The molecule has 0 saturated heterocycles. The minimum atomic E-state index is -6.00. The molecule has 3 nitrogen and oxygen atoms in total. The fourth-order valence-electron chi connectivity index (χ4n) is 0.327. The molecule has 1 unspecified atom stereocenters. The van der Waals surface area contributed by atoms with Crippen LogP contribution in [-0.4, -0.2) is 24.4 Å². The lowest BCUT2D eigenvalue weighted by Gasteiger charge is -2.24. The SMILES string of the molecule is CC(=O)OOC(F)(C(F)F)C(F)(F)F. The van der Waals surface area contributed by atoms with E-state index in [-0.39, 0.29) is 0 Å². The van der Waals surface area contributed by atoms with Gasteiger partial charge in [-0.25, -0.2) is 13.6 Å². The van der Waals surface area contributed by atoms with E-state index in [2.05, 4.69) is 9.78 Å². The predicted octanol–water partition coefficient (Wildman–Crippen LogP) is 1.97. The van der Waals surface area contributed by atoms with Gasteiger partial charge in [-0.15, -0.1) is 4.89 Å². The second kappa shape index (κ2) is 4.03. The van der Waals surface area contributed by atoms with Crippen LogP contribution in [0.1, 0.15) is 6.92 Å². The van der Waals surface area contributed by atoms with Crippen LogP contribution >= 0.6 is 0 Å². The summed E-state index contributed by atoms with van der Waals surface area (Å²) in [6, 6.07) is 0. The average molecular weight is 226 g/mol. The number of hydrogen-bond donors (Lipinski definition) is 0. The first-order valence-electron chi connectivity index (χ1n) is 3.01. The van der Waals surface area contributed by atoms with Crippen molar-refractivity contribution in [1.82, 2.24) is 0 Å². The summed E-state index contributed by atoms with van der Waals surface area (Å²) in [5, 5.41) is 0. The zero-order valence-electron chi connectivity index (χ0n) is 6.57. The van der Waals surface area contributed by atoms with Gasteiger partial charge in [-0.3, -0.25) is 4.89 Å². The van der Waals surface area contributed by atoms with E-state index >= 15 is 0 Å². The number of carbonyl (C=O) groups is 1. The number of rotatable bonds is 3. The van der Waals surface area contributed by atoms with Crippen molar-refractivity contribution < 1.29 is 40.9 Å². The van der Waals surface area contributed by atoms with E-state index in [9.17, 15) is 31.1 Å². The molecule has 0 aromatic carbocycles. The van der Waals surface area contributed by atoms with E-state index in [0.29, 0.717) is 6.92 Å². The molecule has 1 atom stereocenters. The Hall–Kier alpha value is -0.990. The van der Waals surface area contributed by atoms with Crippen LogP contribution in [0.5, 0.6) is 0 Å². The molecule has 0 aliphatic carbocycles. The first-order valence-corrected chi connectivity index (χ1v) is 3.01. The lowest BCUT2D eigenvalue weighted by atomic mass is 10.3. The first-order chi connectivity index (χ1) is 6.11. The fraction of sp³-hybridized carbons (Fsp3) is 0.800. The average Bonchev–Trinajstić information content (AvgIpc) is 1.97. The summed E-state index contributed by atoms with van der Waals surface area (Å²) in [4.78, 5) is 15.7. The molecule has 0 aliphatic rings. The van der Waals surface area contributed by atoms with Crippen molar-refractivity contribution >= 4 is 5.97 Å². The molecule has 0 amide bonds. The van der Waals surface area contributed by atoms with Crippen LogP contribution in [-0.2, 0) is 14.6 Å². The highest BCUT2D eigenvalue weighted by Crippen LogP contribution is 2.39. The van der Waals surface area contributed by atoms with Crippen LogP contribution in [0.2, 0.25) is 0 Å². The third-order valence-electron chi connectivity index (χ3n) is 0.948. The first kappa shape index (κ1) is 13.0. The summed E-state index contributed by atoms with van der Waals surface area (Å²) in [6.45, 7) is 0.558. The lowest BCUT2D eigenvalue weighted by molar-refractivity contribution is -0.466. The minimum absolute atomic E-state index is 0.558. The van der Waals surface area contributed by atoms with Gasteiger partial charge in [0.05, 0.1) is 0 Å². The van der Waals surface area contributed by atoms with Crippen molar-refractivity contribution in [3.63, 3.8) is 0 Å². The fourth-order valence-corrected chi connectivity index (χ4v) is 0.327. The number of carbonyl (C=O) groups excluding carboxylic acids is 1. The lowest BCUT2D eigenvalue weighted by Crippen LogP contribution is -2.49. The molecular formula is C5H4F6O3. The maximum absolute atomic E-state index is 12.4. The molecule has 0 spiro atoms. The largest absolute Gasteiger partial charge is 0.458 e. The highest BCUT2D eigenvalue weighted by molar-refractivity contribution is 5.65. The highest BCUT2D eigenvalue weighted by Gasteiger charge is 2.67. The molecule has 0 rings (SSSR count). The summed E-state index contributed by atoms with van der Waals surface area (Å²) >= 11 is 0. The molecule has 0 bridgehead atoms. The van der Waals surface area contributed by atoms with Crippen LogP contribution in [0.15, 0.2) is 0 Å². The Balaban J connectivity index is 4.66. The Morgan fingerprint density at radius 1 is 1.21 bits per heavy atom. The van der Waals surface area contributed by atoms with Gasteiger partial charge in [-0.1, -0.05) is 0 Å². The molecule has 0 N–H and O–H groups in total. The normalized spacial score (nSPS) is 16.6. The van der Waals surface area contributed by atoms with Crippen molar-refractivity contribution in [1.29, 1.82) is 0 Å². The molecule has 84 valence electrons. The van der Waals surface area contributed by atoms with Gasteiger partial charge < -0.3 is 0 Å². The Morgan fingerprint density at radius 3 is 1.86 bits per heavy atom. The van der Waals surface area contributed by atoms with Crippen LogP contribution < -0.4 is 0 Å². The number of alkyl halides is 6. The zero-order chi connectivity index (χ0) is 11.6. The van der Waals surface area contributed by atoms with Gasteiger partial charge in [0.15, 0.2) is 0 Å². The molecule has 0 aliphatic heterocycles. The molecule has 0 radical (unpaired) electrons. The zero-order valence-corrected chi connectivity index (χ0v) is 6.57. The van der Waals surface area contributed by atoms with Crippen molar-refractivity contribution in [3.8, 4) is 0 Å². The van der Waals surface area contributed by atoms with Gasteiger partial charge in [-0.2, -0.15) is 17.6 Å². The third-order valence-corrected chi connectivity index (χ3v) is 0.948. The van der Waals surface area contributed by atoms with Crippen LogP contribution in [0.3, 0.4) is 0 Å². The smallest absolute Gasteiger partial charge is 0.295 e. The van der Waals surface area contributed by atoms with E-state index in [4.69, 9.17) is 0 Å². The maximum atomic E-state index is 12.4. The van der Waals surface area contributed by atoms with Crippen LogP contribution in [0.25, 0.3) is 0 Å². The summed E-state index contributed by atoms with van der Waals surface area (Å²) in [5.41, 5.74) is 0. The molecule has 9 heteroatoms. The molecule has 0 saturated carbocycles. The van der Waals surface area contributed by atoms with E-state index in [1.807, 2.05) is 0 Å². The molecule has 0 fully saturated rings. The minimum Gasteiger partial charge on any atom is -0.295 e. The predicted molar refractivity (Wildman–Crippen MR) is 28.7 cm³/mol. The topological polar surface area (TPSA) is 35.5 Å². The van der Waals surface area contributed by atoms with Gasteiger partial charge in [-0.05, 0) is 0 Å². The quantitative estimate of drug-likeness (QED) is 0.419. The van der Waals surface area contributed by atoms with Gasteiger partial charge >= 0.3 is 24.4 Å². The van der Waals surface area contributed by atoms with E-state index in [1.165, 1.54) is 0 Å². The second-order valence-corrected chi connectivity index (χ2v) is 2.10. The van der Waals surface area contributed by atoms with Crippen molar-refractivity contribution in [2.24, 2.45) is 0 Å². The Bertz CT molecular complexity index is 214. The van der Waals surface area contributed by atoms with Crippen LogP contribution in [0.4, 0.5) is 26.3 Å². The van der Waals surface area contributed by atoms with Crippen molar-refractivity contribution in [3.05, 3.63) is 0 Å². The van der Waals surface area contributed by atoms with Gasteiger partial charge in [0, 0.05) is 6.92 Å². The second-order valence-electron chi connectivity index (χ2n) is 2.10. The summed E-state index contributed by atoms with van der Waals surface area (Å²) in [6.07, 6.45) is -10.5. The Morgan fingerprint density at radius 2 is 1.64 bits per heavy atom. The van der Waals surface area contributed by atoms with Crippen molar-refractivity contribution in [2.75, 3.05) is 0 Å². The molecule has 0 heterocycles. The number of halogens is 6. The molecule has 14 heavy (non-hydrogen) atoms. The van der Waals surface area contributed by atoms with Crippen molar-refractivity contribution in [2.45, 2.75) is 25.4 Å².